The molecule has 0 aliphatic carbocycles. The summed E-state index contributed by atoms with van der Waals surface area (Å²) in [6.45, 7) is 10.1. The van der Waals surface area contributed by atoms with Gasteiger partial charge in [0.05, 0.1) is 5.41 Å². The monoisotopic (exact) mass is 219 g/mol. The summed E-state index contributed by atoms with van der Waals surface area (Å²) in [5.41, 5.74) is -0.459. The summed E-state index contributed by atoms with van der Waals surface area (Å²) in [6.07, 6.45) is 0. The van der Waals surface area contributed by atoms with E-state index in [9.17, 15) is 4.79 Å². The van der Waals surface area contributed by atoms with Crippen LogP contribution in [0, 0.1) is 11.3 Å². The largest absolute Gasteiger partial charge is 0.342 e. The zero-order valence-corrected chi connectivity index (χ0v) is 10.9. The fourth-order valence-corrected chi connectivity index (χ4v) is 1.28. The molecule has 14 heavy (non-hydrogen) atoms. The van der Waals surface area contributed by atoms with Crippen molar-refractivity contribution < 1.29 is 4.79 Å². The van der Waals surface area contributed by atoms with Crippen LogP contribution in [0.3, 0.4) is 0 Å². The van der Waals surface area contributed by atoms with Crippen LogP contribution in [0.5, 0.6) is 0 Å². The van der Waals surface area contributed by atoms with Crippen LogP contribution < -0.4 is 0 Å². The second-order valence-corrected chi connectivity index (χ2v) is 5.19. The Bertz CT molecular complexity index is 201. The molecule has 0 rings (SSSR count). The van der Waals surface area contributed by atoms with Gasteiger partial charge in [-0.2, -0.15) is 0 Å². The highest BCUT2D eigenvalue weighted by Gasteiger charge is 2.32. The number of carbonyl (C=O) groups excluding carboxylic acids is 1. The highest BCUT2D eigenvalue weighted by molar-refractivity contribution is 6.19. The first-order valence-electron chi connectivity index (χ1n) is 5.07. The molecule has 0 fully saturated rings. The van der Waals surface area contributed by atoms with Crippen LogP contribution in [0.15, 0.2) is 0 Å². The molecule has 84 valence electrons. The zero-order valence-electron chi connectivity index (χ0n) is 10.1. The molecule has 0 aromatic carbocycles. The summed E-state index contributed by atoms with van der Waals surface area (Å²) in [5, 5.41) is 0. The Kier molecular flexibility index (Phi) is 4.93. The van der Waals surface area contributed by atoms with E-state index in [1.54, 1.807) is 4.90 Å². The van der Waals surface area contributed by atoms with E-state index in [1.807, 2.05) is 20.9 Å². The normalized spacial score (nSPS) is 14.3. The van der Waals surface area contributed by atoms with Gasteiger partial charge in [-0.25, -0.2) is 0 Å². The molecule has 0 saturated carbocycles. The topological polar surface area (TPSA) is 20.3 Å². The third kappa shape index (κ3) is 3.16. The molecule has 0 aromatic heterocycles. The van der Waals surface area contributed by atoms with Gasteiger partial charge >= 0.3 is 0 Å². The smallest absolute Gasteiger partial charge is 0.229 e. The number of hydrogen-bond donors (Lipinski definition) is 0. The number of carbonyl (C=O) groups is 1. The Morgan fingerprint density at radius 3 is 2.07 bits per heavy atom. The maximum absolute atomic E-state index is 12.0. The lowest BCUT2D eigenvalue weighted by atomic mass is 9.92. The number of rotatable bonds is 4. The van der Waals surface area contributed by atoms with Gasteiger partial charge in [0.15, 0.2) is 0 Å². The minimum absolute atomic E-state index is 0.119. The van der Waals surface area contributed by atoms with E-state index in [0.717, 1.165) is 0 Å². The first kappa shape index (κ1) is 13.8. The van der Waals surface area contributed by atoms with Crippen LogP contribution in [0.2, 0.25) is 0 Å². The van der Waals surface area contributed by atoms with Gasteiger partial charge in [0.25, 0.3) is 0 Å². The van der Waals surface area contributed by atoms with Gasteiger partial charge < -0.3 is 4.90 Å². The van der Waals surface area contributed by atoms with E-state index in [0.29, 0.717) is 11.8 Å². The predicted octanol–water partition coefficient (Wildman–Crippen LogP) is 2.75. The van der Waals surface area contributed by atoms with E-state index in [-0.39, 0.29) is 11.9 Å². The second kappa shape index (κ2) is 5.01. The Morgan fingerprint density at radius 2 is 1.79 bits per heavy atom. The number of halogens is 1. The fourth-order valence-electron chi connectivity index (χ4n) is 1.17. The molecule has 0 heterocycles. The lowest BCUT2D eigenvalue weighted by Crippen LogP contribution is -2.45. The van der Waals surface area contributed by atoms with Crippen molar-refractivity contribution in [2.45, 2.75) is 40.7 Å². The van der Waals surface area contributed by atoms with E-state index >= 15 is 0 Å². The van der Waals surface area contributed by atoms with Crippen molar-refractivity contribution in [3.05, 3.63) is 0 Å². The fraction of sp³-hybridized carbons (Fsp3) is 0.909. The first-order valence-corrected chi connectivity index (χ1v) is 5.60. The average molecular weight is 220 g/mol. The molecule has 1 amide bonds. The molecule has 0 saturated heterocycles. The van der Waals surface area contributed by atoms with Crippen molar-refractivity contribution in [3.8, 4) is 0 Å². The summed E-state index contributed by atoms with van der Waals surface area (Å²) in [5.74, 6) is 0.949. The summed E-state index contributed by atoms with van der Waals surface area (Å²) < 4.78 is 0. The Hall–Kier alpha value is -0.240. The third-order valence-corrected chi connectivity index (χ3v) is 3.48. The molecular weight excluding hydrogens is 198 g/mol. The molecule has 2 nitrogen and oxygen atoms in total. The van der Waals surface area contributed by atoms with Crippen LogP contribution >= 0.6 is 11.6 Å². The predicted molar refractivity (Wildman–Crippen MR) is 61.6 cm³/mol. The van der Waals surface area contributed by atoms with Crippen molar-refractivity contribution >= 4 is 17.5 Å². The number of amides is 1. The van der Waals surface area contributed by atoms with E-state index in [2.05, 4.69) is 20.8 Å². The average Bonchev–Trinajstić information content (AvgIpc) is 2.14. The van der Waals surface area contributed by atoms with Gasteiger partial charge in [-0.1, -0.05) is 13.8 Å². The lowest BCUT2D eigenvalue weighted by Gasteiger charge is -2.34. The second-order valence-electron chi connectivity index (χ2n) is 4.92. The quantitative estimate of drug-likeness (QED) is 0.666. The summed E-state index contributed by atoms with van der Waals surface area (Å²) in [4.78, 5) is 13.8. The van der Waals surface area contributed by atoms with Crippen LogP contribution in [0.4, 0.5) is 0 Å². The van der Waals surface area contributed by atoms with Gasteiger partial charge in [-0.05, 0) is 26.7 Å². The van der Waals surface area contributed by atoms with Crippen molar-refractivity contribution in [2.24, 2.45) is 11.3 Å². The van der Waals surface area contributed by atoms with Crippen molar-refractivity contribution in [1.82, 2.24) is 4.90 Å². The number of nitrogens with zero attached hydrogens (tertiary/aromatic N) is 1. The Balaban J connectivity index is 4.55. The molecular formula is C11H22ClNO. The minimum atomic E-state index is -0.459. The van der Waals surface area contributed by atoms with Crippen molar-refractivity contribution in [3.63, 3.8) is 0 Å². The third-order valence-electron chi connectivity index (χ3n) is 2.81. The molecule has 3 heteroatoms. The van der Waals surface area contributed by atoms with Crippen molar-refractivity contribution in [1.29, 1.82) is 0 Å². The molecule has 0 radical (unpaired) electrons. The van der Waals surface area contributed by atoms with Crippen LogP contribution in [-0.4, -0.2) is 29.8 Å². The van der Waals surface area contributed by atoms with Gasteiger partial charge in [-0.3, -0.25) is 4.79 Å². The minimum Gasteiger partial charge on any atom is -0.342 e. The summed E-state index contributed by atoms with van der Waals surface area (Å²) >= 11 is 5.77. The van der Waals surface area contributed by atoms with E-state index < -0.39 is 5.41 Å². The SMILES string of the molecule is CC(C)C(C)N(C)C(=O)C(C)(C)CCl. The Labute approximate surface area is 92.6 Å². The molecule has 1 unspecified atom stereocenters. The molecule has 0 aromatic rings. The molecule has 1 atom stereocenters. The van der Waals surface area contributed by atoms with Gasteiger partial charge in [0.1, 0.15) is 0 Å². The number of hydrogen-bond acceptors (Lipinski definition) is 1. The molecule has 0 aliphatic heterocycles. The maximum atomic E-state index is 12.0. The molecule has 0 spiro atoms. The van der Waals surface area contributed by atoms with Gasteiger partial charge in [0.2, 0.25) is 5.91 Å². The van der Waals surface area contributed by atoms with Gasteiger partial charge in [0, 0.05) is 19.0 Å². The summed E-state index contributed by atoms with van der Waals surface area (Å²) in [7, 11) is 1.85. The van der Waals surface area contributed by atoms with E-state index in [1.165, 1.54) is 0 Å². The zero-order chi connectivity index (χ0) is 11.5. The molecule has 0 bridgehead atoms. The summed E-state index contributed by atoms with van der Waals surface area (Å²) in [6, 6.07) is 0.255. The molecule has 0 aliphatic rings. The lowest BCUT2D eigenvalue weighted by molar-refractivity contribution is -0.140. The van der Waals surface area contributed by atoms with Crippen molar-refractivity contribution in [2.75, 3.05) is 12.9 Å². The highest BCUT2D eigenvalue weighted by Crippen LogP contribution is 2.22. The maximum Gasteiger partial charge on any atom is 0.229 e. The van der Waals surface area contributed by atoms with Crippen LogP contribution in [0.1, 0.15) is 34.6 Å². The standard InChI is InChI=1S/C11H22ClNO/c1-8(2)9(3)13(6)10(14)11(4,5)7-12/h8-9H,7H2,1-6H3. The number of alkyl halides is 1. The Morgan fingerprint density at radius 1 is 1.36 bits per heavy atom. The molecule has 0 N–H and O–H groups in total. The van der Waals surface area contributed by atoms with Crippen LogP contribution in [0.25, 0.3) is 0 Å². The van der Waals surface area contributed by atoms with E-state index in [4.69, 9.17) is 11.6 Å². The van der Waals surface area contributed by atoms with Gasteiger partial charge in [-0.15, -0.1) is 11.6 Å². The highest BCUT2D eigenvalue weighted by atomic mass is 35.5. The first-order chi connectivity index (χ1) is 6.24. The van der Waals surface area contributed by atoms with Crippen LogP contribution in [-0.2, 0) is 4.79 Å².